The summed E-state index contributed by atoms with van der Waals surface area (Å²) in [4.78, 5) is 0. The first kappa shape index (κ1) is 15.7. The van der Waals surface area contributed by atoms with E-state index >= 15 is 0 Å². The van der Waals surface area contributed by atoms with Gasteiger partial charge in [-0.2, -0.15) is 0 Å². The third-order valence-corrected chi connectivity index (χ3v) is 4.32. The highest BCUT2D eigenvalue weighted by Crippen LogP contribution is 2.44. The Labute approximate surface area is 128 Å². The molecule has 0 spiro atoms. The zero-order valence-corrected chi connectivity index (χ0v) is 13.6. The molecular formula is C13H16Cl2O4S. The number of halogens is 2. The Balaban J connectivity index is 2.64. The standard InChI is InChI=1S/C13H16Cl2O4S/c1-8(2)12-9(7-20(15,16)17)10(14)6-11-13(12)19-5-3-4-18-11/h6,8H,3-5,7H2,1-2H3. The van der Waals surface area contributed by atoms with E-state index in [2.05, 4.69) is 0 Å². The first-order chi connectivity index (χ1) is 9.29. The van der Waals surface area contributed by atoms with Crippen molar-refractivity contribution < 1.29 is 17.9 Å². The van der Waals surface area contributed by atoms with Crippen LogP contribution in [-0.2, 0) is 14.8 Å². The topological polar surface area (TPSA) is 52.6 Å². The summed E-state index contributed by atoms with van der Waals surface area (Å²) in [6.45, 7) is 4.98. The molecule has 1 aliphatic heterocycles. The fourth-order valence-corrected chi connectivity index (χ4v) is 3.60. The van der Waals surface area contributed by atoms with E-state index in [0.717, 1.165) is 12.0 Å². The second-order valence-corrected chi connectivity index (χ2v) is 8.15. The van der Waals surface area contributed by atoms with Crippen LogP contribution in [0, 0.1) is 0 Å². The van der Waals surface area contributed by atoms with Gasteiger partial charge in [0.15, 0.2) is 11.5 Å². The molecule has 2 rings (SSSR count). The molecule has 0 atom stereocenters. The van der Waals surface area contributed by atoms with Gasteiger partial charge in [-0.1, -0.05) is 25.4 Å². The molecule has 0 saturated carbocycles. The van der Waals surface area contributed by atoms with E-state index in [4.69, 9.17) is 31.8 Å². The van der Waals surface area contributed by atoms with Crippen molar-refractivity contribution in [3.8, 4) is 11.5 Å². The third kappa shape index (κ3) is 3.51. The monoisotopic (exact) mass is 338 g/mol. The van der Waals surface area contributed by atoms with Crippen LogP contribution in [0.2, 0.25) is 5.02 Å². The van der Waals surface area contributed by atoms with Crippen molar-refractivity contribution >= 4 is 31.3 Å². The predicted molar refractivity (Wildman–Crippen MR) is 79.6 cm³/mol. The molecule has 0 fully saturated rings. The van der Waals surface area contributed by atoms with E-state index in [1.165, 1.54) is 0 Å². The fraction of sp³-hybridized carbons (Fsp3) is 0.538. The van der Waals surface area contributed by atoms with Crippen LogP contribution in [0.5, 0.6) is 11.5 Å². The largest absolute Gasteiger partial charge is 0.489 e. The average Bonchev–Trinajstić information content (AvgIpc) is 2.52. The fourth-order valence-electron chi connectivity index (χ4n) is 2.27. The van der Waals surface area contributed by atoms with Crippen molar-refractivity contribution in [2.75, 3.05) is 13.2 Å². The molecule has 4 nitrogen and oxygen atoms in total. The number of hydrogen-bond acceptors (Lipinski definition) is 4. The number of hydrogen-bond donors (Lipinski definition) is 0. The normalized spacial score (nSPS) is 15.2. The quantitative estimate of drug-likeness (QED) is 0.788. The Kier molecular flexibility index (Phi) is 4.72. The van der Waals surface area contributed by atoms with Gasteiger partial charge in [0.1, 0.15) is 0 Å². The van der Waals surface area contributed by atoms with Crippen molar-refractivity contribution in [1.82, 2.24) is 0 Å². The Morgan fingerprint density at radius 1 is 1.30 bits per heavy atom. The lowest BCUT2D eigenvalue weighted by molar-refractivity contribution is 0.295. The highest BCUT2D eigenvalue weighted by Gasteiger charge is 2.25. The van der Waals surface area contributed by atoms with Gasteiger partial charge in [-0.25, -0.2) is 8.42 Å². The van der Waals surface area contributed by atoms with E-state index < -0.39 is 9.05 Å². The van der Waals surface area contributed by atoms with Crippen LogP contribution < -0.4 is 9.47 Å². The van der Waals surface area contributed by atoms with Gasteiger partial charge in [0.2, 0.25) is 9.05 Å². The van der Waals surface area contributed by atoms with Crippen LogP contribution in [0.3, 0.4) is 0 Å². The second kappa shape index (κ2) is 6.00. The molecule has 0 bridgehead atoms. The molecule has 0 radical (unpaired) electrons. The molecule has 0 aromatic heterocycles. The van der Waals surface area contributed by atoms with E-state index in [0.29, 0.717) is 35.3 Å². The van der Waals surface area contributed by atoms with E-state index in [1.54, 1.807) is 6.07 Å². The minimum atomic E-state index is -3.70. The number of fused-ring (bicyclic) bond motifs is 1. The van der Waals surface area contributed by atoms with Crippen LogP contribution in [0.15, 0.2) is 6.07 Å². The highest BCUT2D eigenvalue weighted by molar-refractivity contribution is 8.13. The van der Waals surface area contributed by atoms with Gasteiger partial charge in [0.25, 0.3) is 0 Å². The van der Waals surface area contributed by atoms with Crippen LogP contribution in [-0.4, -0.2) is 21.6 Å². The number of rotatable bonds is 3. The molecule has 0 unspecified atom stereocenters. The van der Waals surface area contributed by atoms with Gasteiger partial charge >= 0.3 is 0 Å². The highest BCUT2D eigenvalue weighted by atomic mass is 35.7. The minimum absolute atomic E-state index is 0.0394. The molecule has 0 aliphatic carbocycles. The summed E-state index contributed by atoms with van der Waals surface area (Å²) >= 11 is 6.21. The Morgan fingerprint density at radius 2 is 1.95 bits per heavy atom. The molecule has 7 heteroatoms. The first-order valence-corrected chi connectivity index (χ1v) is 9.18. The van der Waals surface area contributed by atoms with Crippen LogP contribution in [0.25, 0.3) is 0 Å². The number of benzene rings is 1. The SMILES string of the molecule is CC(C)c1c(CS(=O)(=O)Cl)c(Cl)cc2c1OCCCO2. The Bertz CT molecular complexity index is 611. The van der Waals surface area contributed by atoms with Gasteiger partial charge < -0.3 is 9.47 Å². The Hall–Kier alpha value is -0.650. The van der Waals surface area contributed by atoms with Gasteiger partial charge in [0.05, 0.1) is 19.0 Å². The van der Waals surface area contributed by atoms with E-state index in [-0.39, 0.29) is 11.7 Å². The van der Waals surface area contributed by atoms with Crippen molar-refractivity contribution in [2.24, 2.45) is 0 Å². The summed E-state index contributed by atoms with van der Waals surface area (Å²) in [6, 6.07) is 1.60. The molecule has 1 aromatic rings. The Morgan fingerprint density at radius 3 is 2.55 bits per heavy atom. The molecule has 0 amide bonds. The summed E-state index contributed by atoms with van der Waals surface area (Å²) < 4.78 is 34.1. The average molecular weight is 339 g/mol. The van der Waals surface area contributed by atoms with Gasteiger partial charge in [-0.3, -0.25) is 0 Å². The molecule has 1 aliphatic rings. The lowest BCUT2D eigenvalue weighted by Gasteiger charge is -2.20. The lowest BCUT2D eigenvalue weighted by Crippen LogP contribution is -2.07. The molecule has 0 N–H and O–H groups in total. The van der Waals surface area contributed by atoms with Gasteiger partial charge in [0, 0.05) is 33.8 Å². The summed E-state index contributed by atoms with van der Waals surface area (Å²) in [5, 5.41) is 0.335. The van der Waals surface area contributed by atoms with E-state index in [1.807, 2.05) is 13.8 Å². The maximum atomic E-state index is 11.4. The smallest absolute Gasteiger partial charge is 0.236 e. The van der Waals surface area contributed by atoms with Crippen molar-refractivity contribution in [3.05, 3.63) is 22.2 Å². The predicted octanol–water partition coefficient (Wildman–Crippen LogP) is 3.69. The molecule has 20 heavy (non-hydrogen) atoms. The zero-order valence-electron chi connectivity index (χ0n) is 11.3. The maximum absolute atomic E-state index is 11.4. The summed E-state index contributed by atoms with van der Waals surface area (Å²) in [7, 11) is 1.67. The van der Waals surface area contributed by atoms with Gasteiger partial charge in [-0.15, -0.1) is 0 Å². The van der Waals surface area contributed by atoms with Crippen molar-refractivity contribution in [3.63, 3.8) is 0 Å². The molecule has 0 saturated heterocycles. The van der Waals surface area contributed by atoms with Crippen LogP contribution in [0.4, 0.5) is 0 Å². The van der Waals surface area contributed by atoms with Crippen LogP contribution in [0.1, 0.15) is 37.3 Å². The maximum Gasteiger partial charge on any atom is 0.236 e. The summed E-state index contributed by atoms with van der Waals surface area (Å²) in [5.74, 6) is 0.860. The third-order valence-electron chi connectivity index (χ3n) is 3.03. The van der Waals surface area contributed by atoms with Crippen molar-refractivity contribution in [2.45, 2.75) is 31.9 Å². The molecule has 112 valence electrons. The first-order valence-electron chi connectivity index (χ1n) is 6.33. The summed E-state index contributed by atoms with van der Waals surface area (Å²) in [6.07, 6.45) is 0.771. The van der Waals surface area contributed by atoms with Crippen molar-refractivity contribution in [1.29, 1.82) is 0 Å². The zero-order chi connectivity index (χ0) is 14.9. The van der Waals surface area contributed by atoms with Crippen LogP contribution >= 0.6 is 22.3 Å². The van der Waals surface area contributed by atoms with Gasteiger partial charge in [-0.05, 0) is 11.5 Å². The molecular weight excluding hydrogens is 323 g/mol. The molecule has 1 aromatic carbocycles. The molecule has 1 heterocycles. The number of ether oxygens (including phenoxy) is 2. The lowest BCUT2D eigenvalue weighted by atomic mass is 9.96. The van der Waals surface area contributed by atoms with E-state index in [9.17, 15) is 8.42 Å². The minimum Gasteiger partial charge on any atom is -0.489 e. The second-order valence-electron chi connectivity index (χ2n) is 4.97. The summed E-state index contributed by atoms with van der Waals surface area (Å²) in [5.41, 5.74) is 1.24.